The van der Waals surface area contributed by atoms with E-state index in [9.17, 15) is 43.2 Å². The largest absolute Gasteiger partial charge is 0.472 e. The Bertz CT molecular complexity index is 1980. The first-order valence-electron chi connectivity index (χ1n) is 42.9. The summed E-state index contributed by atoms with van der Waals surface area (Å²) in [6.07, 6.45) is 62.4. The van der Waals surface area contributed by atoms with Crippen LogP contribution in [0, 0.1) is 17.8 Å². The molecule has 0 aromatic heterocycles. The summed E-state index contributed by atoms with van der Waals surface area (Å²) >= 11 is 0. The molecule has 19 heteroatoms. The second-order valence-electron chi connectivity index (χ2n) is 30.8. The molecule has 0 amide bonds. The van der Waals surface area contributed by atoms with Gasteiger partial charge in [-0.1, -0.05) is 382 Å². The Labute approximate surface area is 626 Å². The van der Waals surface area contributed by atoms with Crippen LogP contribution in [-0.2, 0) is 65.4 Å². The van der Waals surface area contributed by atoms with Crippen LogP contribution in [0.15, 0.2) is 0 Å². The van der Waals surface area contributed by atoms with Crippen LogP contribution in [0.2, 0.25) is 0 Å². The van der Waals surface area contributed by atoms with Crippen LogP contribution >= 0.6 is 15.6 Å². The minimum absolute atomic E-state index is 0.106. The van der Waals surface area contributed by atoms with Crippen LogP contribution in [-0.4, -0.2) is 96.7 Å². The van der Waals surface area contributed by atoms with Gasteiger partial charge in [0, 0.05) is 25.7 Å². The van der Waals surface area contributed by atoms with E-state index in [4.69, 9.17) is 37.0 Å². The average Bonchev–Trinajstić information content (AvgIpc) is 0.914. The summed E-state index contributed by atoms with van der Waals surface area (Å²) in [5.41, 5.74) is 0. The zero-order valence-electron chi connectivity index (χ0n) is 67.1. The molecule has 0 aromatic rings. The van der Waals surface area contributed by atoms with E-state index < -0.39 is 97.5 Å². The third kappa shape index (κ3) is 73.6. The SMILES string of the molecule is CCCCCCCCCCCC(=O)OC[C@H](COP(=O)(O)OC[C@H](O)COP(=O)(O)OC[C@@H](COC(=O)CCCCCCCCCCCCCCCCC(C)CC)OC(=O)CCCCCCCCCCCCCCCCCCCCC(C)C)OC(=O)CCCCCCCCCCCCC(C)CC. The first-order valence-corrected chi connectivity index (χ1v) is 45.9. The smallest absolute Gasteiger partial charge is 0.462 e. The van der Waals surface area contributed by atoms with Crippen molar-refractivity contribution in [2.24, 2.45) is 17.8 Å². The second-order valence-corrected chi connectivity index (χ2v) is 33.7. The summed E-state index contributed by atoms with van der Waals surface area (Å²) in [7, 11) is -9.92. The van der Waals surface area contributed by atoms with Crippen molar-refractivity contribution in [1.82, 2.24) is 0 Å². The van der Waals surface area contributed by atoms with E-state index in [0.29, 0.717) is 25.7 Å². The zero-order valence-corrected chi connectivity index (χ0v) is 68.9. The third-order valence-corrected chi connectivity index (χ3v) is 22.0. The highest BCUT2D eigenvalue weighted by molar-refractivity contribution is 7.47. The molecule has 0 aliphatic carbocycles. The standard InChI is InChI=1S/C83H162O17P2/c1-8-11-12-13-14-33-43-50-57-64-80(85)93-70-78(100-83(88)67-60-53-46-39-32-31-36-42-49-56-63-76(7)10-3)72-97-101(89,90)95-68-77(84)69-96-102(91,92)98-73-79(71-94-81(86)65-58-51-44-37-29-25-22-21-24-28-35-41-48-55-62-75(6)9-2)99-82(87)66-59-52-45-38-30-26-20-18-16-15-17-19-23-27-34-40-47-54-61-74(4)5/h74-79,84H,8-73H2,1-7H3,(H,89,90)(H,91,92)/t75?,76?,77-,78+,79+/m0/s1. The molecule has 0 spiro atoms. The summed E-state index contributed by atoms with van der Waals surface area (Å²) in [6, 6.07) is 0. The fourth-order valence-corrected chi connectivity index (χ4v) is 14.4. The van der Waals surface area contributed by atoms with Gasteiger partial charge in [-0.15, -0.1) is 0 Å². The quantitative estimate of drug-likeness (QED) is 0.0222. The lowest BCUT2D eigenvalue weighted by Crippen LogP contribution is -2.30. The van der Waals surface area contributed by atoms with E-state index in [0.717, 1.165) is 108 Å². The maximum Gasteiger partial charge on any atom is 0.472 e. The fraction of sp³-hybridized carbons (Fsp3) is 0.952. The van der Waals surface area contributed by atoms with Crippen molar-refractivity contribution in [3.05, 3.63) is 0 Å². The highest BCUT2D eigenvalue weighted by Gasteiger charge is 2.30. The van der Waals surface area contributed by atoms with E-state index in [1.165, 1.54) is 244 Å². The van der Waals surface area contributed by atoms with Crippen LogP contribution < -0.4 is 0 Å². The van der Waals surface area contributed by atoms with Crippen molar-refractivity contribution >= 4 is 39.5 Å². The summed E-state index contributed by atoms with van der Waals surface area (Å²) < 4.78 is 68.7. The van der Waals surface area contributed by atoms with Gasteiger partial charge < -0.3 is 33.8 Å². The van der Waals surface area contributed by atoms with Crippen molar-refractivity contribution in [2.45, 2.75) is 452 Å². The van der Waals surface area contributed by atoms with Gasteiger partial charge >= 0.3 is 39.5 Å². The summed E-state index contributed by atoms with van der Waals surface area (Å²) in [6.45, 7) is 12.1. The van der Waals surface area contributed by atoms with Crippen LogP contribution in [0.4, 0.5) is 0 Å². The monoisotopic (exact) mass is 1490 g/mol. The van der Waals surface area contributed by atoms with Crippen LogP contribution in [0.1, 0.15) is 434 Å². The Hall–Kier alpha value is -1.94. The molecular weight excluding hydrogens is 1330 g/mol. The summed E-state index contributed by atoms with van der Waals surface area (Å²) in [4.78, 5) is 73.0. The molecule has 102 heavy (non-hydrogen) atoms. The van der Waals surface area contributed by atoms with E-state index in [-0.39, 0.29) is 25.7 Å². The number of ether oxygens (including phenoxy) is 4. The number of hydrogen-bond donors (Lipinski definition) is 3. The molecule has 7 atom stereocenters. The maximum atomic E-state index is 13.1. The lowest BCUT2D eigenvalue weighted by molar-refractivity contribution is -0.161. The van der Waals surface area contributed by atoms with Crippen molar-refractivity contribution in [3.63, 3.8) is 0 Å². The van der Waals surface area contributed by atoms with Gasteiger partial charge in [0.25, 0.3) is 0 Å². The minimum atomic E-state index is -4.96. The van der Waals surface area contributed by atoms with E-state index >= 15 is 0 Å². The maximum absolute atomic E-state index is 13.1. The Morgan fingerprint density at radius 2 is 0.500 bits per heavy atom. The molecule has 0 bridgehead atoms. The molecule has 0 fully saturated rings. The van der Waals surface area contributed by atoms with Gasteiger partial charge in [-0.2, -0.15) is 0 Å². The van der Waals surface area contributed by atoms with Gasteiger partial charge in [0.2, 0.25) is 0 Å². The molecule has 0 saturated carbocycles. The number of rotatable bonds is 81. The molecule has 0 saturated heterocycles. The number of carbonyl (C=O) groups is 4. The predicted molar refractivity (Wildman–Crippen MR) is 418 cm³/mol. The number of aliphatic hydroxyl groups excluding tert-OH is 1. The van der Waals surface area contributed by atoms with E-state index in [2.05, 4.69) is 48.5 Å². The molecule has 0 aromatic carbocycles. The number of phosphoric acid groups is 2. The first kappa shape index (κ1) is 100. The summed E-state index contributed by atoms with van der Waals surface area (Å²) in [5, 5.41) is 10.6. The van der Waals surface area contributed by atoms with Gasteiger partial charge in [-0.3, -0.25) is 37.3 Å². The van der Waals surface area contributed by atoms with Gasteiger partial charge in [-0.05, 0) is 43.4 Å². The number of esters is 4. The van der Waals surface area contributed by atoms with Crippen LogP contribution in [0.5, 0.6) is 0 Å². The number of aliphatic hydroxyl groups is 1. The fourth-order valence-electron chi connectivity index (χ4n) is 12.8. The van der Waals surface area contributed by atoms with E-state index in [1.54, 1.807) is 0 Å². The van der Waals surface area contributed by atoms with E-state index in [1.807, 2.05) is 0 Å². The molecule has 0 heterocycles. The lowest BCUT2D eigenvalue weighted by atomic mass is 9.99. The molecule has 4 unspecified atom stereocenters. The highest BCUT2D eigenvalue weighted by atomic mass is 31.2. The Morgan fingerprint density at radius 3 is 0.745 bits per heavy atom. The summed E-state index contributed by atoms with van der Waals surface area (Å²) in [5.74, 6) is 0.364. The molecule has 3 N–H and O–H groups in total. The van der Waals surface area contributed by atoms with Crippen molar-refractivity contribution < 1.29 is 80.2 Å². The first-order chi connectivity index (χ1) is 49.3. The number of phosphoric ester groups is 2. The number of carbonyl (C=O) groups excluding carboxylic acids is 4. The normalized spacial score (nSPS) is 14.5. The third-order valence-electron chi connectivity index (χ3n) is 20.1. The van der Waals surface area contributed by atoms with Crippen LogP contribution in [0.3, 0.4) is 0 Å². The van der Waals surface area contributed by atoms with Crippen molar-refractivity contribution in [3.8, 4) is 0 Å². The van der Waals surface area contributed by atoms with Gasteiger partial charge in [0.1, 0.15) is 19.3 Å². The minimum Gasteiger partial charge on any atom is -0.462 e. The topological polar surface area (TPSA) is 237 Å². The predicted octanol–water partition coefficient (Wildman–Crippen LogP) is 24.9. The Kier molecular flexibility index (Phi) is 71.8. The molecule has 0 aliphatic rings. The zero-order chi connectivity index (χ0) is 75.1. The van der Waals surface area contributed by atoms with Crippen molar-refractivity contribution in [1.29, 1.82) is 0 Å². The Balaban J connectivity index is 5.22. The Morgan fingerprint density at radius 1 is 0.284 bits per heavy atom. The van der Waals surface area contributed by atoms with Crippen molar-refractivity contribution in [2.75, 3.05) is 39.6 Å². The highest BCUT2D eigenvalue weighted by Crippen LogP contribution is 2.45. The second kappa shape index (κ2) is 73.2. The molecular formula is C83H162O17P2. The molecule has 0 aliphatic heterocycles. The van der Waals surface area contributed by atoms with Gasteiger partial charge in [0.15, 0.2) is 12.2 Å². The van der Waals surface area contributed by atoms with Gasteiger partial charge in [-0.25, -0.2) is 9.13 Å². The molecule has 17 nitrogen and oxygen atoms in total. The van der Waals surface area contributed by atoms with Crippen LogP contribution in [0.25, 0.3) is 0 Å². The lowest BCUT2D eigenvalue weighted by Gasteiger charge is -2.21. The number of hydrogen-bond acceptors (Lipinski definition) is 15. The average molecular weight is 1490 g/mol. The number of unbranched alkanes of at least 4 members (excludes halogenated alkanes) is 47. The van der Waals surface area contributed by atoms with Gasteiger partial charge in [0.05, 0.1) is 26.4 Å². The molecule has 0 radical (unpaired) electrons. The molecule has 0 rings (SSSR count). The molecule has 606 valence electrons.